The Morgan fingerprint density at radius 2 is 1.92 bits per heavy atom. The number of rotatable bonds is 1. The summed E-state index contributed by atoms with van der Waals surface area (Å²) in [5, 5.41) is 6.32. The molecule has 2 aromatic rings. The van der Waals surface area contributed by atoms with Crippen molar-refractivity contribution in [2.45, 2.75) is 25.7 Å². The predicted molar refractivity (Wildman–Crippen MR) is 100 cm³/mol. The van der Waals surface area contributed by atoms with Gasteiger partial charge in [0.2, 0.25) is 11.8 Å². The maximum absolute atomic E-state index is 12.5. The van der Waals surface area contributed by atoms with Gasteiger partial charge in [-0.05, 0) is 43.2 Å². The fraction of sp³-hybridized carbons (Fsp3) is 0.300. The van der Waals surface area contributed by atoms with E-state index in [1.54, 1.807) is 4.90 Å². The fourth-order valence-electron chi connectivity index (χ4n) is 3.74. The Morgan fingerprint density at radius 3 is 2.72 bits per heavy atom. The molecule has 2 aliphatic heterocycles. The highest BCUT2D eigenvalue weighted by atomic mass is 16.2. The van der Waals surface area contributed by atoms with Crippen LogP contribution in [0.5, 0.6) is 0 Å². The van der Waals surface area contributed by atoms with Crippen molar-refractivity contribution in [2.75, 3.05) is 29.1 Å². The zero-order chi connectivity index (χ0) is 17.8. The van der Waals surface area contributed by atoms with Crippen molar-refractivity contribution < 1.29 is 9.59 Å². The molecule has 0 radical (unpaired) electrons. The largest absolute Gasteiger partial charge is 0.382 e. The van der Waals surface area contributed by atoms with Crippen LogP contribution in [-0.2, 0) is 15.0 Å². The van der Waals surface area contributed by atoms with Crippen LogP contribution in [0.1, 0.15) is 25.8 Å². The third-order valence-electron chi connectivity index (χ3n) is 5.17. The second kappa shape index (κ2) is 5.34. The van der Waals surface area contributed by atoms with Crippen LogP contribution < -0.4 is 15.5 Å². The van der Waals surface area contributed by atoms with Gasteiger partial charge in [-0.1, -0.05) is 18.2 Å². The quantitative estimate of drug-likeness (QED) is 0.840. The van der Waals surface area contributed by atoms with E-state index < -0.39 is 5.41 Å². The monoisotopic (exact) mass is 335 g/mol. The number of nitrogens with one attached hydrogen (secondary N) is 2. The molecule has 4 rings (SSSR count). The van der Waals surface area contributed by atoms with Crippen LogP contribution in [0.15, 0.2) is 36.4 Å². The van der Waals surface area contributed by atoms with Crippen molar-refractivity contribution in [3.05, 3.63) is 42.0 Å². The molecule has 0 saturated carbocycles. The lowest BCUT2D eigenvalue weighted by atomic mass is 9.84. The number of benzene rings is 2. The molecule has 0 spiro atoms. The van der Waals surface area contributed by atoms with Gasteiger partial charge < -0.3 is 15.5 Å². The van der Waals surface area contributed by atoms with Gasteiger partial charge in [-0.15, -0.1) is 0 Å². The highest BCUT2D eigenvalue weighted by molar-refractivity contribution is 6.08. The summed E-state index contributed by atoms with van der Waals surface area (Å²) in [5.41, 5.74) is 5.26. The number of amides is 2. The minimum Gasteiger partial charge on any atom is -0.382 e. The summed E-state index contributed by atoms with van der Waals surface area (Å²) in [5.74, 6) is 0.127. The minimum atomic E-state index is -0.534. The Morgan fingerprint density at radius 1 is 1.12 bits per heavy atom. The molecule has 2 aromatic carbocycles. The van der Waals surface area contributed by atoms with Crippen LogP contribution in [0.25, 0.3) is 11.1 Å². The average molecular weight is 335 g/mol. The molecule has 5 heteroatoms. The standard InChI is InChI=1S/C20H21N3O2/c1-20(2)14-11-12(7-8-16(14)23(3)19(20)25)13-5-4-6-15-18(13)21-10-9-17(24)22-15/h4-8,11,21H,9-10H2,1-3H3,(H,22,24). The Balaban J connectivity index is 1.86. The first kappa shape index (κ1) is 15.7. The minimum absolute atomic E-state index is 0.0192. The fourth-order valence-corrected chi connectivity index (χ4v) is 3.74. The molecule has 2 amide bonds. The normalized spacial score (nSPS) is 18.1. The van der Waals surface area contributed by atoms with Gasteiger partial charge in [-0.2, -0.15) is 0 Å². The highest BCUT2D eigenvalue weighted by Crippen LogP contribution is 2.44. The van der Waals surface area contributed by atoms with Crippen LogP contribution in [0.2, 0.25) is 0 Å². The maximum atomic E-state index is 12.5. The lowest BCUT2D eigenvalue weighted by Crippen LogP contribution is -2.33. The summed E-state index contributed by atoms with van der Waals surface area (Å²) >= 11 is 0. The van der Waals surface area contributed by atoms with E-state index in [1.165, 1.54) is 0 Å². The summed E-state index contributed by atoms with van der Waals surface area (Å²) in [6.45, 7) is 4.53. The van der Waals surface area contributed by atoms with E-state index in [2.05, 4.69) is 16.7 Å². The summed E-state index contributed by atoms with van der Waals surface area (Å²) < 4.78 is 0. The summed E-state index contributed by atoms with van der Waals surface area (Å²) in [6.07, 6.45) is 0.449. The first-order chi connectivity index (χ1) is 11.9. The molecule has 0 bridgehead atoms. The van der Waals surface area contributed by atoms with Crippen molar-refractivity contribution in [1.29, 1.82) is 0 Å². The number of para-hydroxylation sites is 1. The molecule has 0 unspecified atom stereocenters. The number of hydrogen-bond acceptors (Lipinski definition) is 3. The number of fused-ring (bicyclic) bond motifs is 2. The van der Waals surface area contributed by atoms with Crippen LogP contribution >= 0.6 is 0 Å². The molecule has 2 aliphatic rings. The van der Waals surface area contributed by atoms with Gasteiger partial charge in [0.05, 0.1) is 16.8 Å². The van der Waals surface area contributed by atoms with E-state index in [-0.39, 0.29) is 11.8 Å². The lowest BCUT2D eigenvalue weighted by molar-refractivity contribution is -0.121. The number of carbonyl (C=O) groups is 2. The van der Waals surface area contributed by atoms with Crippen LogP contribution in [0.4, 0.5) is 17.1 Å². The van der Waals surface area contributed by atoms with E-state index in [4.69, 9.17) is 0 Å². The van der Waals surface area contributed by atoms with E-state index in [0.717, 1.165) is 33.8 Å². The molecule has 0 atom stereocenters. The van der Waals surface area contributed by atoms with E-state index in [0.29, 0.717) is 13.0 Å². The predicted octanol–water partition coefficient (Wildman–Crippen LogP) is 3.36. The first-order valence-corrected chi connectivity index (χ1v) is 8.49. The topological polar surface area (TPSA) is 61.4 Å². The lowest BCUT2D eigenvalue weighted by Gasteiger charge is -2.18. The number of likely N-dealkylation sites (N-methyl/N-ethyl adjacent to an activating group) is 1. The Labute approximate surface area is 147 Å². The molecule has 2 N–H and O–H groups in total. The van der Waals surface area contributed by atoms with Gasteiger partial charge >= 0.3 is 0 Å². The summed E-state index contributed by atoms with van der Waals surface area (Å²) in [6, 6.07) is 12.0. The Hall–Kier alpha value is -2.82. The molecule has 0 aromatic heterocycles. The summed E-state index contributed by atoms with van der Waals surface area (Å²) in [4.78, 5) is 26.0. The molecule has 25 heavy (non-hydrogen) atoms. The van der Waals surface area contributed by atoms with Crippen LogP contribution in [-0.4, -0.2) is 25.4 Å². The zero-order valence-corrected chi connectivity index (χ0v) is 14.6. The van der Waals surface area contributed by atoms with Crippen molar-refractivity contribution in [2.24, 2.45) is 0 Å². The van der Waals surface area contributed by atoms with Gasteiger partial charge in [0.15, 0.2) is 0 Å². The number of hydrogen-bond donors (Lipinski definition) is 2. The van der Waals surface area contributed by atoms with Gasteiger partial charge in [-0.25, -0.2) is 0 Å². The molecule has 0 fully saturated rings. The van der Waals surface area contributed by atoms with E-state index >= 15 is 0 Å². The van der Waals surface area contributed by atoms with Crippen LogP contribution in [0, 0.1) is 0 Å². The molecule has 5 nitrogen and oxygen atoms in total. The molecule has 128 valence electrons. The smallest absolute Gasteiger partial charge is 0.236 e. The second-order valence-corrected chi connectivity index (χ2v) is 7.17. The highest BCUT2D eigenvalue weighted by Gasteiger charge is 2.42. The average Bonchev–Trinajstić information content (AvgIpc) is 2.74. The molecular formula is C20H21N3O2. The molecular weight excluding hydrogens is 314 g/mol. The molecule has 2 heterocycles. The van der Waals surface area contributed by atoms with Crippen molar-refractivity contribution in [3.8, 4) is 11.1 Å². The molecule has 0 aliphatic carbocycles. The Kier molecular flexibility index (Phi) is 3.35. The van der Waals surface area contributed by atoms with Gasteiger partial charge in [0.25, 0.3) is 0 Å². The van der Waals surface area contributed by atoms with Crippen molar-refractivity contribution in [3.63, 3.8) is 0 Å². The van der Waals surface area contributed by atoms with Crippen molar-refractivity contribution >= 4 is 28.9 Å². The third kappa shape index (κ3) is 2.30. The number of nitrogens with zero attached hydrogens (tertiary/aromatic N) is 1. The van der Waals surface area contributed by atoms with Gasteiger partial charge in [-0.3, -0.25) is 9.59 Å². The van der Waals surface area contributed by atoms with Crippen LogP contribution in [0.3, 0.4) is 0 Å². The summed E-state index contributed by atoms with van der Waals surface area (Å²) in [7, 11) is 1.82. The molecule has 0 saturated heterocycles. The second-order valence-electron chi connectivity index (χ2n) is 7.17. The van der Waals surface area contributed by atoms with E-state index in [9.17, 15) is 9.59 Å². The number of carbonyl (C=O) groups excluding carboxylic acids is 2. The van der Waals surface area contributed by atoms with Gasteiger partial charge in [0, 0.05) is 31.3 Å². The third-order valence-corrected chi connectivity index (χ3v) is 5.17. The maximum Gasteiger partial charge on any atom is 0.236 e. The first-order valence-electron chi connectivity index (χ1n) is 8.49. The Bertz CT molecular complexity index is 902. The van der Waals surface area contributed by atoms with Crippen molar-refractivity contribution in [1.82, 2.24) is 0 Å². The number of anilines is 3. The van der Waals surface area contributed by atoms with Gasteiger partial charge in [0.1, 0.15) is 0 Å². The SMILES string of the molecule is CN1C(=O)C(C)(C)c2cc(-c3cccc4c3NCCC(=O)N4)ccc21. The van der Waals surface area contributed by atoms with E-state index in [1.807, 2.05) is 51.2 Å². The zero-order valence-electron chi connectivity index (χ0n) is 14.6.